The van der Waals surface area contributed by atoms with Crippen molar-refractivity contribution in [1.82, 2.24) is 0 Å². The van der Waals surface area contributed by atoms with E-state index in [9.17, 15) is 17.6 Å². The average molecular weight is 364 g/mol. The number of aryl methyl sites for hydroxylation is 1. The molecule has 1 aliphatic heterocycles. The molecule has 0 saturated carbocycles. The lowest BCUT2D eigenvalue weighted by atomic mass is 9.98. The van der Waals surface area contributed by atoms with Crippen LogP contribution in [0.2, 0.25) is 0 Å². The van der Waals surface area contributed by atoms with E-state index in [0.29, 0.717) is 24.1 Å². The number of amides is 1. The number of alkyl halides is 1. The van der Waals surface area contributed by atoms with Crippen LogP contribution in [-0.2, 0) is 21.1 Å². The van der Waals surface area contributed by atoms with Gasteiger partial charge in [-0.25, -0.2) is 12.8 Å². The van der Waals surface area contributed by atoms with Crippen molar-refractivity contribution >= 4 is 37.4 Å². The Morgan fingerprint density at radius 3 is 2.60 bits per heavy atom. The SMILES string of the molecule is CC(C(Br)c1cc2c(cc1F)NC(=O)CC2)S(C)(=O)=O. The highest BCUT2D eigenvalue weighted by molar-refractivity contribution is 9.09. The Hall–Kier alpha value is -0.950. The molecular weight excluding hydrogens is 349 g/mol. The molecule has 1 aliphatic rings. The van der Waals surface area contributed by atoms with Crippen LogP contribution in [0.15, 0.2) is 12.1 Å². The molecule has 0 saturated heterocycles. The second-order valence-corrected chi connectivity index (χ2v) is 8.40. The maximum Gasteiger partial charge on any atom is 0.224 e. The van der Waals surface area contributed by atoms with Crippen LogP contribution < -0.4 is 5.32 Å². The molecular formula is C13H15BrFNO3S. The fourth-order valence-electron chi connectivity index (χ4n) is 2.10. The maximum atomic E-state index is 14.1. The van der Waals surface area contributed by atoms with Crippen molar-refractivity contribution < 1.29 is 17.6 Å². The highest BCUT2D eigenvalue weighted by Crippen LogP contribution is 2.36. The minimum Gasteiger partial charge on any atom is -0.326 e. The van der Waals surface area contributed by atoms with Gasteiger partial charge < -0.3 is 5.32 Å². The number of rotatable bonds is 3. The Balaban J connectivity index is 2.41. The first kappa shape index (κ1) is 15.4. The van der Waals surface area contributed by atoms with E-state index in [2.05, 4.69) is 21.2 Å². The van der Waals surface area contributed by atoms with Crippen LogP contribution >= 0.6 is 15.9 Å². The smallest absolute Gasteiger partial charge is 0.224 e. The summed E-state index contributed by atoms with van der Waals surface area (Å²) in [6.07, 6.45) is 2.01. The van der Waals surface area contributed by atoms with Gasteiger partial charge in [0.1, 0.15) is 5.82 Å². The van der Waals surface area contributed by atoms with Gasteiger partial charge in [-0.1, -0.05) is 15.9 Å². The molecule has 1 amide bonds. The lowest BCUT2D eigenvalue weighted by Crippen LogP contribution is -2.23. The highest BCUT2D eigenvalue weighted by Gasteiger charge is 2.29. The lowest BCUT2D eigenvalue weighted by Gasteiger charge is -2.22. The monoisotopic (exact) mass is 363 g/mol. The van der Waals surface area contributed by atoms with Gasteiger partial charge >= 0.3 is 0 Å². The zero-order valence-electron chi connectivity index (χ0n) is 11.1. The van der Waals surface area contributed by atoms with E-state index < -0.39 is 25.7 Å². The van der Waals surface area contributed by atoms with Gasteiger partial charge in [-0.2, -0.15) is 0 Å². The van der Waals surface area contributed by atoms with Crippen LogP contribution in [0.25, 0.3) is 0 Å². The van der Waals surface area contributed by atoms with Crippen molar-refractivity contribution in [3.63, 3.8) is 0 Å². The van der Waals surface area contributed by atoms with Gasteiger partial charge in [0, 0.05) is 23.9 Å². The van der Waals surface area contributed by atoms with Gasteiger partial charge in [-0.3, -0.25) is 4.79 Å². The van der Waals surface area contributed by atoms with Crippen molar-refractivity contribution in [2.24, 2.45) is 0 Å². The molecule has 0 radical (unpaired) electrons. The van der Waals surface area contributed by atoms with Gasteiger partial charge in [0.05, 0.1) is 10.1 Å². The summed E-state index contributed by atoms with van der Waals surface area (Å²) >= 11 is 3.27. The number of nitrogens with one attached hydrogen (secondary N) is 1. The van der Waals surface area contributed by atoms with E-state index in [1.165, 1.54) is 13.0 Å². The standard InChI is InChI=1S/C13H15BrFNO3S/c1-7(20(2,18)19)13(14)9-5-8-3-4-12(17)16-11(8)6-10(9)15/h5-7,13H,3-4H2,1-2H3,(H,16,17). The minimum absolute atomic E-state index is 0.135. The highest BCUT2D eigenvalue weighted by atomic mass is 79.9. The molecule has 2 rings (SSSR count). The van der Waals surface area contributed by atoms with Crippen molar-refractivity contribution in [2.45, 2.75) is 29.8 Å². The summed E-state index contributed by atoms with van der Waals surface area (Å²) < 4.78 is 37.3. The summed E-state index contributed by atoms with van der Waals surface area (Å²) in [6, 6.07) is 2.89. The molecule has 2 unspecified atom stereocenters. The Morgan fingerprint density at radius 2 is 2.00 bits per heavy atom. The molecule has 1 heterocycles. The molecule has 2 atom stereocenters. The van der Waals surface area contributed by atoms with E-state index in [-0.39, 0.29) is 5.91 Å². The van der Waals surface area contributed by atoms with Crippen molar-refractivity contribution in [3.8, 4) is 0 Å². The summed E-state index contributed by atoms with van der Waals surface area (Å²) in [4.78, 5) is 10.6. The normalized spacial score (nSPS) is 18.1. The molecule has 0 fully saturated rings. The van der Waals surface area contributed by atoms with Gasteiger partial charge in [-0.15, -0.1) is 0 Å². The third-order valence-corrected chi connectivity index (χ3v) is 6.76. The lowest BCUT2D eigenvalue weighted by molar-refractivity contribution is -0.116. The van der Waals surface area contributed by atoms with Crippen LogP contribution in [0.4, 0.5) is 10.1 Å². The number of sulfone groups is 1. The number of hydrogen-bond acceptors (Lipinski definition) is 3. The van der Waals surface area contributed by atoms with Crippen molar-refractivity contribution in [3.05, 3.63) is 29.1 Å². The molecule has 20 heavy (non-hydrogen) atoms. The van der Waals surface area contributed by atoms with Crippen molar-refractivity contribution in [1.29, 1.82) is 0 Å². The van der Waals surface area contributed by atoms with Gasteiger partial charge in [0.25, 0.3) is 0 Å². The predicted octanol–water partition coefficient (Wildman–Crippen LogP) is 2.58. The first-order valence-electron chi connectivity index (χ1n) is 6.15. The maximum absolute atomic E-state index is 14.1. The number of carbonyl (C=O) groups is 1. The van der Waals surface area contributed by atoms with E-state index in [4.69, 9.17) is 0 Å². The number of anilines is 1. The number of carbonyl (C=O) groups excluding carboxylic acids is 1. The second-order valence-electron chi connectivity index (χ2n) is 5.02. The quantitative estimate of drug-likeness (QED) is 0.839. The molecule has 0 aliphatic carbocycles. The average Bonchev–Trinajstić information content (AvgIpc) is 2.35. The summed E-state index contributed by atoms with van der Waals surface area (Å²) in [5.41, 5.74) is 1.60. The topological polar surface area (TPSA) is 63.2 Å². The molecule has 1 N–H and O–H groups in total. The fourth-order valence-corrected chi connectivity index (χ4v) is 4.21. The van der Waals surface area contributed by atoms with Gasteiger partial charge in [0.2, 0.25) is 5.91 Å². The number of fused-ring (bicyclic) bond motifs is 1. The number of halogens is 2. The first-order chi connectivity index (χ1) is 9.20. The van der Waals surface area contributed by atoms with E-state index in [1.54, 1.807) is 6.07 Å². The Labute approximate surface area is 125 Å². The molecule has 4 nitrogen and oxygen atoms in total. The van der Waals surface area contributed by atoms with Crippen LogP contribution in [0, 0.1) is 5.82 Å². The molecule has 110 valence electrons. The van der Waals surface area contributed by atoms with E-state index in [0.717, 1.165) is 11.8 Å². The predicted molar refractivity (Wildman–Crippen MR) is 79.3 cm³/mol. The third-order valence-electron chi connectivity index (χ3n) is 3.50. The zero-order valence-corrected chi connectivity index (χ0v) is 13.5. The molecule has 1 aromatic carbocycles. The molecule has 0 aromatic heterocycles. The summed E-state index contributed by atoms with van der Waals surface area (Å²) in [5.74, 6) is -0.659. The third kappa shape index (κ3) is 3.03. The van der Waals surface area contributed by atoms with E-state index >= 15 is 0 Å². The van der Waals surface area contributed by atoms with Crippen LogP contribution in [0.3, 0.4) is 0 Å². The van der Waals surface area contributed by atoms with Crippen molar-refractivity contribution in [2.75, 3.05) is 11.6 Å². The van der Waals surface area contributed by atoms with Crippen LogP contribution in [-0.4, -0.2) is 25.8 Å². The molecule has 1 aromatic rings. The summed E-state index contributed by atoms with van der Waals surface area (Å²) in [7, 11) is -3.28. The molecule has 0 spiro atoms. The molecule has 0 bridgehead atoms. The second kappa shape index (κ2) is 5.44. The van der Waals surface area contributed by atoms with Gasteiger partial charge in [-0.05, 0) is 31.0 Å². The number of benzene rings is 1. The zero-order chi connectivity index (χ0) is 15.1. The Bertz CT molecular complexity index is 660. The fraction of sp³-hybridized carbons (Fsp3) is 0.462. The van der Waals surface area contributed by atoms with Crippen LogP contribution in [0.1, 0.15) is 29.3 Å². The summed E-state index contributed by atoms with van der Waals surface area (Å²) in [5, 5.41) is 1.87. The number of hydrogen-bond donors (Lipinski definition) is 1. The summed E-state index contributed by atoms with van der Waals surface area (Å²) in [6.45, 7) is 1.54. The van der Waals surface area contributed by atoms with Crippen LogP contribution in [0.5, 0.6) is 0 Å². The minimum atomic E-state index is -3.28. The largest absolute Gasteiger partial charge is 0.326 e. The van der Waals surface area contributed by atoms with Gasteiger partial charge in [0.15, 0.2) is 9.84 Å². The Kier molecular flexibility index (Phi) is 4.20. The Morgan fingerprint density at radius 1 is 1.35 bits per heavy atom. The first-order valence-corrected chi connectivity index (χ1v) is 9.02. The van der Waals surface area contributed by atoms with E-state index in [1.807, 2.05) is 0 Å². The molecule has 7 heteroatoms.